The zero-order chi connectivity index (χ0) is 6.74. The Labute approximate surface area is 56.2 Å². The second-order valence-electron chi connectivity index (χ2n) is 2.40. The SMILES string of the molecule is O=S1(=O)C[CH]CCCC1. The Bertz CT molecular complexity index is 155. The largest absolute Gasteiger partial charge is 0.229 e. The van der Waals surface area contributed by atoms with Crippen LogP contribution in [0, 0.1) is 6.42 Å². The first-order valence-corrected chi connectivity index (χ1v) is 5.05. The van der Waals surface area contributed by atoms with Gasteiger partial charge in [-0.25, -0.2) is 8.42 Å². The fourth-order valence-electron chi connectivity index (χ4n) is 0.957. The number of hydrogen-bond donors (Lipinski definition) is 0. The van der Waals surface area contributed by atoms with E-state index in [4.69, 9.17) is 0 Å². The highest BCUT2D eigenvalue weighted by molar-refractivity contribution is 7.91. The van der Waals surface area contributed by atoms with E-state index in [1.807, 2.05) is 6.42 Å². The van der Waals surface area contributed by atoms with Crippen molar-refractivity contribution in [2.24, 2.45) is 0 Å². The molecule has 1 aliphatic rings. The van der Waals surface area contributed by atoms with Crippen LogP contribution in [0.1, 0.15) is 19.3 Å². The predicted octanol–water partition coefficient (Wildman–Crippen LogP) is 0.789. The Morgan fingerprint density at radius 1 is 1.22 bits per heavy atom. The molecule has 9 heavy (non-hydrogen) atoms. The van der Waals surface area contributed by atoms with Crippen LogP contribution in [0.15, 0.2) is 0 Å². The topological polar surface area (TPSA) is 34.1 Å². The fraction of sp³-hybridized carbons (Fsp3) is 0.833. The van der Waals surface area contributed by atoms with Gasteiger partial charge in [-0.3, -0.25) is 0 Å². The van der Waals surface area contributed by atoms with Crippen molar-refractivity contribution in [2.75, 3.05) is 11.5 Å². The van der Waals surface area contributed by atoms with Gasteiger partial charge in [0, 0.05) is 0 Å². The molecule has 0 saturated carbocycles. The van der Waals surface area contributed by atoms with Crippen LogP contribution < -0.4 is 0 Å². The molecule has 3 heteroatoms. The van der Waals surface area contributed by atoms with Crippen LogP contribution in [0.4, 0.5) is 0 Å². The van der Waals surface area contributed by atoms with Crippen LogP contribution in [0.3, 0.4) is 0 Å². The van der Waals surface area contributed by atoms with Gasteiger partial charge in [-0.15, -0.1) is 0 Å². The maximum Gasteiger partial charge on any atom is 0.150 e. The summed E-state index contributed by atoms with van der Waals surface area (Å²) in [7, 11) is -2.67. The van der Waals surface area contributed by atoms with E-state index in [1.54, 1.807) is 0 Å². The molecule has 0 N–H and O–H groups in total. The van der Waals surface area contributed by atoms with Crippen LogP contribution in [0.25, 0.3) is 0 Å². The number of rotatable bonds is 0. The number of hydrogen-bond acceptors (Lipinski definition) is 2. The summed E-state index contributed by atoms with van der Waals surface area (Å²) in [5.74, 6) is 0.691. The van der Waals surface area contributed by atoms with Crippen LogP contribution in [0.5, 0.6) is 0 Å². The van der Waals surface area contributed by atoms with Crippen molar-refractivity contribution in [1.29, 1.82) is 0 Å². The van der Waals surface area contributed by atoms with Gasteiger partial charge in [0.25, 0.3) is 0 Å². The van der Waals surface area contributed by atoms with E-state index < -0.39 is 9.84 Å². The Balaban J connectivity index is 2.56. The molecule has 0 amide bonds. The molecule has 0 unspecified atom stereocenters. The van der Waals surface area contributed by atoms with E-state index in [9.17, 15) is 8.42 Å². The second kappa shape index (κ2) is 2.69. The summed E-state index contributed by atoms with van der Waals surface area (Å²) in [4.78, 5) is 0. The Kier molecular flexibility index (Phi) is 2.11. The molecule has 1 rings (SSSR count). The van der Waals surface area contributed by atoms with Crippen molar-refractivity contribution in [1.82, 2.24) is 0 Å². The summed E-state index contributed by atoms with van der Waals surface area (Å²) in [6, 6.07) is 0. The summed E-state index contributed by atoms with van der Waals surface area (Å²) in [5, 5.41) is 0. The predicted molar refractivity (Wildman–Crippen MR) is 36.8 cm³/mol. The van der Waals surface area contributed by atoms with Gasteiger partial charge in [0.1, 0.15) is 0 Å². The molecule has 0 spiro atoms. The van der Waals surface area contributed by atoms with E-state index in [1.165, 1.54) is 0 Å². The summed E-state index contributed by atoms with van der Waals surface area (Å²) in [5.41, 5.74) is 0. The Morgan fingerprint density at radius 2 is 2.00 bits per heavy atom. The smallest absolute Gasteiger partial charge is 0.150 e. The van der Waals surface area contributed by atoms with Gasteiger partial charge in [-0.2, -0.15) is 0 Å². The van der Waals surface area contributed by atoms with Crippen molar-refractivity contribution >= 4 is 9.84 Å². The minimum Gasteiger partial charge on any atom is -0.229 e. The average Bonchev–Trinajstić information content (AvgIpc) is 1.92. The zero-order valence-electron chi connectivity index (χ0n) is 5.34. The summed E-state index contributed by atoms with van der Waals surface area (Å²) in [6.07, 6.45) is 4.72. The fourth-order valence-corrected chi connectivity index (χ4v) is 2.29. The lowest BCUT2D eigenvalue weighted by Gasteiger charge is -1.93. The maximum absolute atomic E-state index is 10.8. The van der Waals surface area contributed by atoms with Crippen LogP contribution in [-0.4, -0.2) is 19.9 Å². The van der Waals surface area contributed by atoms with Crippen molar-refractivity contribution in [2.45, 2.75) is 19.3 Å². The molecule has 1 heterocycles. The molecule has 1 fully saturated rings. The van der Waals surface area contributed by atoms with Crippen molar-refractivity contribution in [3.8, 4) is 0 Å². The Hall–Kier alpha value is -0.0500. The van der Waals surface area contributed by atoms with E-state index in [-0.39, 0.29) is 0 Å². The van der Waals surface area contributed by atoms with Gasteiger partial charge in [0.05, 0.1) is 11.5 Å². The van der Waals surface area contributed by atoms with Gasteiger partial charge in [-0.05, 0) is 19.3 Å². The minimum absolute atomic E-state index is 0.299. The molecule has 0 bridgehead atoms. The van der Waals surface area contributed by atoms with Crippen LogP contribution in [-0.2, 0) is 9.84 Å². The summed E-state index contributed by atoms with van der Waals surface area (Å²) >= 11 is 0. The highest BCUT2D eigenvalue weighted by Gasteiger charge is 2.12. The molecule has 0 aromatic carbocycles. The van der Waals surface area contributed by atoms with Crippen LogP contribution in [0.2, 0.25) is 0 Å². The first kappa shape index (κ1) is 7.06. The summed E-state index contributed by atoms with van der Waals surface area (Å²) < 4.78 is 21.7. The monoisotopic (exact) mass is 147 g/mol. The third-order valence-electron chi connectivity index (χ3n) is 1.49. The Morgan fingerprint density at radius 3 is 2.78 bits per heavy atom. The third-order valence-corrected chi connectivity index (χ3v) is 3.14. The quantitative estimate of drug-likeness (QED) is 0.507. The lowest BCUT2D eigenvalue weighted by molar-refractivity contribution is 0.597. The van der Waals surface area contributed by atoms with Gasteiger partial charge in [0.2, 0.25) is 0 Å². The van der Waals surface area contributed by atoms with Gasteiger partial charge in [0.15, 0.2) is 9.84 Å². The molecular weight excluding hydrogens is 136 g/mol. The molecule has 1 saturated heterocycles. The molecule has 0 aliphatic carbocycles. The van der Waals surface area contributed by atoms with Crippen LogP contribution >= 0.6 is 0 Å². The molecular formula is C6H11O2S. The molecule has 2 nitrogen and oxygen atoms in total. The standard InChI is InChI=1S/C6H11O2S/c7-9(8)5-3-1-2-4-6-9/h3H,1-2,4-6H2. The zero-order valence-corrected chi connectivity index (χ0v) is 6.15. The first-order chi connectivity index (χ1) is 4.21. The highest BCUT2D eigenvalue weighted by Crippen LogP contribution is 2.09. The van der Waals surface area contributed by atoms with Crippen molar-refractivity contribution in [3.05, 3.63) is 6.42 Å². The molecule has 0 aromatic heterocycles. The minimum atomic E-state index is -2.67. The maximum atomic E-state index is 10.8. The van der Waals surface area contributed by atoms with Gasteiger partial charge >= 0.3 is 0 Å². The van der Waals surface area contributed by atoms with Gasteiger partial charge < -0.3 is 0 Å². The molecule has 53 valence electrons. The first-order valence-electron chi connectivity index (χ1n) is 3.23. The lowest BCUT2D eigenvalue weighted by atomic mass is 10.2. The van der Waals surface area contributed by atoms with E-state index in [2.05, 4.69) is 0 Å². The second-order valence-corrected chi connectivity index (χ2v) is 4.63. The third kappa shape index (κ3) is 2.35. The number of sulfone groups is 1. The van der Waals surface area contributed by atoms with Crippen molar-refractivity contribution in [3.63, 3.8) is 0 Å². The van der Waals surface area contributed by atoms with Gasteiger partial charge in [-0.1, -0.05) is 6.42 Å². The molecule has 0 atom stereocenters. The lowest BCUT2D eigenvalue weighted by Crippen LogP contribution is -2.07. The van der Waals surface area contributed by atoms with E-state index >= 15 is 0 Å². The van der Waals surface area contributed by atoms with E-state index in [0.29, 0.717) is 11.5 Å². The highest BCUT2D eigenvalue weighted by atomic mass is 32.2. The molecule has 0 aromatic rings. The van der Waals surface area contributed by atoms with Crippen molar-refractivity contribution < 1.29 is 8.42 Å². The average molecular weight is 147 g/mol. The normalized spacial score (nSPS) is 27.1. The summed E-state index contributed by atoms with van der Waals surface area (Å²) in [6.45, 7) is 0. The van der Waals surface area contributed by atoms with E-state index in [0.717, 1.165) is 19.3 Å². The molecule has 1 radical (unpaired) electrons. The molecule has 1 aliphatic heterocycles.